The van der Waals surface area contributed by atoms with E-state index in [4.69, 9.17) is 21.1 Å². The van der Waals surface area contributed by atoms with Gasteiger partial charge in [0, 0.05) is 17.5 Å². The van der Waals surface area contributed by atoms with Crippen molar-refractivity contribution in [2.75, 3.05) is 18.6 Å². The molecule has 0 aliphatic carbocycles. The number of ether oxygens (including phenoxy) is 2. The van der Waals surface area contributed by atoms with Gasteiger partial charge in [0.25, 0.3) is 0 Å². The van der Waals surface area contributed by atoms with E-state index in [1.54, 1.807) is 18.2 Å². The van der Waals surface area contributed by atoms with Crippen LogP contribution in [0.4, 0.5) is 18.9 Å². The second-order valence-electron chi connectivity index (χ2n) is 9.98. The SMILES string of the molecule is COc1ccc(-c2cc(C(F)(F)F)c(C#N)c(SC3CC(=O)N(c4ccc(C(=O)OCC(=O)c5ccccc5Cl)cc4)C3=O)n2)cc1. The number of amides is 2. The van der Waals surface area contributed by atoms with Crippen LogP contribution in [0.15, 0.2) is 83.9 Å². The molecule has 0 spiro atoms. The number of Topliss-reactive ketones (excluding diaryl/α,β-unsaturated/α-hetero) is 1. The van der Waals surface area contributed by atoms with Crippen molar-refractivity contribution in [2.45, 2.75) is 22.9 Å². The zero-order valence-corrected chi connectivity index (χ0v) is 25.8. The summed E-state index contributed by atoms with van der Waals surface area (Å²) in [5.41, 5.74) is -1.46. The van der Waals surface area contributed by atoms with Crippen LogP contribution in [0.1, 0.15) is 38.3 Å². The first-order valence-corrected chi connectivity index (χ1v) is 14.9. The number of nitrogens with zero attached hydrogens (tertiary/aromatic N) is 3. The minimum Gasteiger partial charge on any atom is -0.497 e. The minimum absolute atomic E-state index is 0.0311. The monoisotopic (exact) mass is 679 g/mol. The van der Waals surface area contributed by atoms with Crippen molar-refractivity contribution >= 4 is 52.6 Å². The number of aromatic nitrogens is 1. The van der Waals surface area contributed by atoms with E-state index >= 15 is 0 Å². The van der Waals surface area contributed by atoms with Crippen LogP contribution in [0.25, 0.3) is 11.3 Å². The third-order valence-corrected chi connectivity index (χ3v) is 8.52. The Bertz CT molecular complexity index is 1930. The Morgan fingerprint density at radius 3 is 2.36 bits per heavy atom. The van der Waals surface area contributed by atoms with Crippen LogP contribution in [0.3, 0.4) is 0 Å². The van der Waals surface area contributed by atoms with Crippen molar-refractivity contribution < 1.29 is 41.8 Å². The van der Waals surface area contributed by atoms with Crippen LogP contribution in [0.2, 0.25) is 5.02 Å². The van der Waals surface area contributed by atoms with Crippen LogP contribution in [0.5, 0.6) is 5.75 Å². The topological polar surface area (TPSA) is 127 Å². The zero-order chi connectivity index (χ0) is 33.9. The molecule has 9 nitrogen and oxygen atoms in total. The van der Waals surface area contributed by atoms with Gasteiger partial charge in [0.2, 0.25) is 17.6 Å². The lowest BCUT2D eigenvalue weighted by molar-refractivity contribution is -0.138. The smallest absolute Gasteiger partial charge is 0.417 e. The lowest BCUT2D eigenvalue weighted by atomic mass is 10.1. The normalized spacial score (nSPS) is 14.6. The predicted octanol–water partition coefficient (Wildman–Crippen LogP) is 6.76. The number of carbonyl (C=O) groups is 4. The molecule has 4 aromatic rings. The highest BCUT2D eigenvalue weighted by molar-refractivity contribution is 8.00. The predicted molar refractivity (Wildman–Crippen MR) is 165 cm³/mol. The molecule has 14 heteroatoms. The lowest BCUT2D eigenvalue weighted by Gasteiger charge is -2.17. The number of anilines is 1. The van der Waals surface area contributed by atoms with Gasteiger partial charge in [0.1, 0.15) is 16.8 Å². The number of hydrogen-bond acceptors (Lipinski definition) is 9. The molecule has 1 unspecified atom stereocenters. The largest absolute Gasteiger partial charge is 0.497 e. The summed E-state index contributed by atoms with van der Waals surface area (Å²) < 4.78 is 52.3. The number of pyridine rings is 1. The molecule has 0 saturated carbocycles. The summed E-state index contributed by atoms with van der Waals surface area (Å²) in [5.74, 6) is -2.26. The van der Waals surface area contributed by atoms with Crippen LogP contribution in [0, 0.1) is 11.3 Å². The van der Waals surface area contributed by atoms with Crippen molar-refractivity contribution in [3.8, 4) is 23.1 Å². The molecule has 238 valence electrons. The van der Waals surface area contributed by atoms with E-state index in [0.29, 0.717) is 23.1 Å². The molecule has 2 heterocycles. The molecule has 0 N–H and O–H groups in total. The van der Waals surface area contributed by atoms with Crippen molar-refractivity contribution in [2.24, 2.45) is 0 Å². The molecule has 5 rings (SSSR count). The maximum atomic E-state index is 14.0. The molecule has 0 radical (unpaired) electrons. The third kappa shape index (κ3) is 7.14. The average molecular weight is 680 g/mol. The lowest BCUT2D eigenvalue weighted by Crippen LogP contribution is -2.31. The number of imide groups is 1. The molecule has 3 aromatic carbocycles. The zero-order valence-electron chi connectivity index (χ0n) is 24.2. The highest BCUT2D eigenvalue weighted by Crippen LogP contribution is 2.41. The highest BCUT2D eigenvalue weighted by atomic mass is 35.5. The number of halogens is 4. The van der Waals surface area contributed by atoms with Gasteiger partial charge in [0.15, 0.2) is 6.61 Å². The van der Waals surface area contributed by atoms with Crippen LogP contribution in [-0.4, -0.2) is 47.5 Å². The van der Waals surface area contributed by atoms with Crippen LogP contribution < -0.4 is 9.64 Å². The molecular weight excluding hydrogens is 659 g/mol. The Balaban J connectivity index is 1.34. The molecular formula is C33H21ClF3N3O6S. The van der Waals surface area contributed by atoms with Gasteiger partial charge in [-0.05, 0) is 66.7 Å². The summed E-state index contributed by atoms with van der Waals surface area (Å²) in [6.45, 7) is -0.569. The van der Waals surface area contributed by atoms with Gasteiger partial charge in [0.05, 0.1) is 45.5 Å². The minimum atomic E-state index is -4.91. The Morgan fingerprint density at radius 1 is 1.06 bits per heavy atom. The first-order chi connectivity index (χ1) is 22.4. The van der Waals surface area contributed by atoms with E-state index in [1.165, 1.54) is 67.8 Å². The van der Waals surface area contributed by atoms with E-state index in [0.717, 1.165) is 11.0 Å². The summed E-state index contributed by atoms with van der Waals surface area (Å²) in [6.07, 6.45) is -5.28. The number of nitriles is 1. The van der Waals surface area contributed by atoms with Crippen LogP contribution in [-0.2, 0) is 20.5 Å². The number of thioether (sulfide) groups is 1. The Kier molecular flexibility index (Phi) is 9.64. The fourth-order valence-electron chi connectivity index (χ4n) is 4.68. The Labute approximate surface area is 274 Å². The summed E-state index contributed by atoms with van der Waals surface area (Å²) in [5, 5.41) is 8.35. The van der Waals surface area contributed by atoms with Gasteiger partial charge in [-0.2, -0.15) is 18.4 Å². The summed E-state index contributed by atoms with van der Waals surface area (Å²) in [7, 11) is 1.44. The summed E-state index contributed by atoms with van der Waals surface area (Å²) >= 11 is 6.59. The first-order valence-electron chi connectivity index (χ1n) is 13.7. The number of hydrogen-bond donors (Lipinski definition) is 0. The summed E-state index contributed by atoms with van der Waals surface area (Å²) in [4.78, 5) is 56.3. The Morgan fingerprint density at radius 2 is 1.74 bits per heavy atom. The average Bonchev–Trinajstić information content (AvgIpc) is 3.34. The van der Waals surface area contributed by atoms with Gasteiger partial charge in [-0.1, -0.05) is 35.5 Å². The fraction of sp³-hybridized carbons (Fsp3) is 0.152. The molecule has 47 heavy (non-hydrogen) atoms. The molecule has 1 aliphatic heterocycles. The van der Waals surface area contributed by atoms with Gasteiger partial charge >= 0.3 is 12.1 Å². The van der Waals surface area contributed by atoms with Gasteiger partial charge in [-0.25, -0.2) is 14.7 Å². The quantitative estimate of drug-likeness (QED) is 0.107. The van der Waals surface area contributed by atoms with E-state index in [9.17, 15) is 37.6 Å². The van der Waals surface area contributed by atoms with Gasteiger partial charge in [-0.15, -0.1) is 0 Å². The molecule has 2 amide bonds. The van der Waals surface area contributed by atoms with Crippen LogP contribution >= 0.6 is 23.4 Å². The van der Waals surface area contributed by atoms with Crippen molar-refractivity contribution in [3.05, 3.63) is 106 Å². The number of alkyl halides is 3. The molecule has 1 aromatic heterocycles. The number of rotatable bonds is 9. The van der Waals surface area contributed by atoms with E-state index in [-0.39, 0.29) is 39.0 Å². The number of methoxy groups -OCH3 is 1. The number of esters is 1. The molecule has 1 aliphatic rings. The van der Waals surface area contributed by atoms with E-state index < -0.39 is 52.7 Å². The Hall–Kier alpha value is -5.19. The number of carbonyl (C=O) groups excluding carboxylic acids is 4. The second-order valence-corrected chi connectivity index (χ2v) is 11.6. The molecule has 1 atom stereocenters. The second kappa shape index (κ2) is 13.7. The van der Waals surface area contributed by atoms with Crippen molar-refractivity contribution in [3.63, 3.8) is 0 Å². The molecule has 0 bridgehead atoms. The third-order valence-electron chi connectivity index (χ3n) is 7.02. The standard InChI is InChI=1S/C33H21ClF3N3O6S/c1-45-21-12-8-18(9-13-21)26-14-24(33(35,36)37)23(16-38)30(39-26)47-28-15-29(42)40(31(28)43)20-10-6-19(7-11-20)32(44)46-17-27(41)22-4-2-3-5-25(22)34/h2-14,28H,15,17H2,1H3. The molecule has 1 saturated heterocycles. The van der Waals surface area contributed by atoms with Gasteiger partial charge < -0.3 is 9.47 Å². The molecule has 1 fully saturated rings. The first kappa shape index (κ1) is 33.2. The van der Waals surface area contributed by atoms with Crippen molar-refractivity contribution in [1.29, 1.82) is 5.26 Å². The maximum absolute atomic E-state index is 14.0. The fourth-order valence-corrected chi connectivity index (χ4v) is 6.04. The number of benzene rings is 3. The van der Waals surface area contributed by atoms with E-state index in [2.05, 4.69) is 4.98 Å². The summed E-state index contributed by atoms with van der Waals surface area (Å²) in [6, 6.07) is 19.9. The highest BCUT2D eigenvalue weighted by Gasteiger charge is 2.42. The van der Waals surface area contributed by atoms with Crippen molar-refractivity contribution in [1.82, 2.24) is 4.98 Å². The van der Waals surface area contributed by atoms with Gasteiger partial charge in [-0.3, -0.25) is 14.4 Å². The number of ketones is 1. The maximum Gasteiger partial charge on any atom is 0.417 e. The van der Waals surface area contributed by atoms with E-state index in [1.807, 2.05) is 0 Å².